The van der Waals surface area contributed by atoms with Crippen LogP contribution in [0.5, 0.6) is 0 Å². The lowest BCUT2D eigenvalue weighted by molar-refractivity contribution is 0.669. The van der Waals surface area contributed by atoms with Gasteiger partial charge in [0.1, 0.15) is 17.2 Å². The van der Waals surface area contributed by atoms with Crippen LogP contribution in [-0.4, -0.2) is 9.13 Å². The Bertz CT molecular complexity index is 5910. The van der Waals surface area contributed by atoms with Crippen LogP contribution in [-0.2, 0) is 0 Å². The summed E-state index contributed by atoms with van der Waals surface area (Å²) in [6.45, 7) is 9.53. The minimum absolute atomic E-state index is 0.132. The number of furan rings is 1. The number of benzene rings is 12. The molecule has 7 heteroatoms. The molecule has 17 rings (SSSR count). The third-order valence-electron chi connectivity index (χ3n) is 16.3. The standard InChI is InChI=1S/C74H40N4OS2/c1-76-67-64(44-21-7-3-8-22-44)58(42-75)68(78-69-51(36-38-54-50-26-13-16-34-63(50)80-73(54)69)52-37-39-55-53-30-17-29-48(43-19-5-2-6-20-43)72(53)81-74(55)70(52)78)65(45-23-9-4-10-24-45)71(67)77-59-31-14-11-25-49(59)57-41-46(35-40-60(57)77)47-28-18-33-62-66(47)56-27-12-15-32-61(56)79-62/h2-41H/i2D,5D,6D,19D,20D. The number of hydrogen-bond donors (Lipinski definition) is 0. The number of rotatable bonds is 6. The van der Waals surface area contributed by atoms with Gasteiger partial charge < -0.3 is 13.6 Å². The van der Waals surface area contributed by atoms with Crippen LogP contribution < -0.4 is 0 Å². The third kappa shape index (κ3) is 6.45. The van der Waals surface area contributed by atoms with Crippen molar-refractivity contribution in [1.29, 1.82) is 5.26 Å². The predicted molar refractivity (Wildman–Crippen MR) is 341 cm³/mol. The number of para-hydroxylation sites is 2. The van der Waals surface area contributed by atoms with Gasteiger partial charge in [0.15, 0.2) is 0 Å². The predicted octanol–water partition coefficient (Wildman–Crippen LogP) is 21.6. The van der Waals surface area contributed by atoms with Crippen molar-refractivity contribution in [2.45, 2.75) is 0 Å². The average molecular weight is 1070 g/mol. The van der Waals surface area contributed by atoms with Gasteiger partial charge >= 0.3 is 0 Å². The second-order valence-corrected chi connectivity index (χ2v) is 22.5. The van der Waals surface area contributed by atoms with Crippen molar-refractivity contribution >= 4 is 134 Å². The van der Waals surface area contributed by atoms with E-state index in [0.29, 0.717) is 44.9 Å². The molecule has 0 amide bonds. The summed E-state index contributed by atoms with van der Waals surface area (Å²) in [6, 6.07) is 73.2. The lowest BCUT2D eigenvalue weighted by atomic mass is 9.88. The summed E-state index contributed by atoms with van der Waals surface area (Å²) in [7, 11) is 0. The molecule has 374 valence electrons. The maximum Gasteiger partial charge on any atom is 0.220 e. The molecule has 0 atom stereocenters. The monoisotopic (exact) mass is 1070 g/mol. The molecule has 12 aromatic carbocycles. The van der Waals surface area contributed by atoms with E-state index >= 15 is 0 Å². The number of aromatic nitrogens is 2. The van der Waals surface area contributed by atoms with Crippen LogP contribution in [0.2, 0.25) is 0 Å². The first-order valence-corrected chi connectivity index (χ1v) is 28.2. The molecule has 0 aliphatic heterocycles. The molecule has 0 radical (unpaired) electrons. The quantitative estimate of drug-likeness (QED) is 0.156. The average Bonchev–Trinajstić information content (AvgIpc) is 1.80. The van der Waals surface area contributed by atoms with E-state index in [1.807, 2.05) is 103 Å². The molecule has 0 fully saturated rings. The zero-order chi connectivity index (χ0) is 57.8. The SMILES string of the molecule is [2H]c1c([2H])c([2H])c(-c2cccc3c2sc2c3ccc3c4ccc5c6ccccc6sc5c4n(-c4c(C#N)c(-c5ccccc5)c([N+]#[C-])c(-n5c6ccccc6c6cc(-c7cccc8oc9ccccc9c78)ccc65)c4-c4ccccc4)c32)c([2H])c1[2H]. The van der Waals surface area contributed by atoms with Gasteiger partial charge in [-0.1, -0.05) is 206 Å². The molecular weight excluding hydrogens is 1020 g/mol. The Labute approximate surface area is 478 Å². The first-order valence-electron chi connectivity index (χ1n) is 29.1. The zero-order valence-electron chi connectivity index (χ0n) is 47.7. The lowest BCUT2D eigenvalue weighted by Crippen LogP contribution is -2.09. The molecule has 5 nitrogen and oxygen atoms in total. The fraction of sp³-hybridized carbons (Fsp3) is 0. The second-order valence-electron chi connectivity index (χ2n) is 20.4. The Morgan fingerprint density at radius 1 is 0.444 bits per heavy atom. The highest BCUT2D eigenvalue weighted by Crippen LogP contribution is 2.55. The summed E-state index contributed by atoms with van der Waals surface area (Å²) in [4.78, 5) is 4.60. The van der Waals surface area contributed by atoms with Crippen LogP contribution in [0.3, 0.4) is 0 Å². The van der Waals surface area contributed by atoms with E-state index in [0.717, 1.165) is 123 Å². The van der Waals surface area contributed by atoms with Crippen LogP contribution in [0.25, 0.3) is 167 Å². The van der Waals surface area contributed by atoms with E-state index in [4.69, 9.17) is 8.53 Å². The van der Waals surface area contributed by atoms with Crippen molar-refractivity contribution in [2.75, 3.05) is 0 Å². The number of hydrogen-bond acceptors (Lipinski definition) is 4. The molecule has 0 bridgehead atoms. The van der Waals surface area contributed by atoms with Gasteiger partial charge in [-0.15, -0.1) is 22.7 Å². The van der Waals surface area contributed by atoms with Crippen molar-refractivity contribution in [3.8, 4) is 62.0 Å². The van der Waals surface area contributed by atoms with E-state index in [1.165, 1.54) is 11.3 Å². The first kappa shape index (κ1) is 40.6. The minimum atomic E-state index is -0.449. The van der Waals surface area contributed by atoms with Crippen molar-refractivity contribution < 1.29 is 11.3 Å². The molecule has 17 aromatic rings. The number of nitrogens with zero attached hydrogens (tertiary/aromatic N) is 4. The molecular formula is C74H40N4OS2. The molecule has 0 unspecified atom stereocenters. The third-order valence-corrected chi connectivity index (χ3v) is 18.7. The fourth-order valence-corrected chi connectivity index (χ4v) is 15.5. The molecule has 81 heavy (non-hydrogen) atoms. The molecule has 0 saturated carbocycles. The maximum atomic E-state index is 12.4. The Hall–Kier alpha value is -10.5. The molecule has 0 spiro atoms. The normalized spacial score (nSPS) is 12.8. The van der Waals surface area contributed by atoms with Gasteiger partial charge in [0, 0.05) is 74.4 Å². The Kier molecular flexibility index (Phi) is 8.77. The number of nitriles is 1. The van der Waals surface area contributed by atoms with Crippen molar-refractivity contribution in [3.05, 3.63) is 260 Å². The van der Waals surface area contributed by atoms with Gasteiger partial charge in [-0.2, -0.15) is 5.26 Å². The van der Waals surface area contributed by atoms with E-state index in [2.05, 4.69) is 129 Å². The molecule has 5 heterocycles. The van der Waals surface area contributed by atoms with Crippen molar-refractivity contribution in [2.24, 2.45) is 0 Å². The van der Waals surface area contributed by atoms with E-state index < -0.39 is 18.1 Å². The van der Waals surface area contributed by atoms with Crippen LogP contribution >= 0.6 is 22.7 Å². The Balaban J connectivity index is 1.08. The van der Waals surface area contributed by atoms with Crippen LogP contribution in [0.15, 0.2) is 247 Å². The Morgan fingerprint density at radius 3 is 1.80 bits per heavy atom. The van der Waals surface area contributed by atoms with Crippen molar-refractivity contribution in [1.82, 2.24) is 9.13 Å². The van der Waals surface area contributed by atoms with Gasteiger partial charge in [0.05, 0.1) is 61.8 Å². The van der Waals surface area contributed by atoms with Gasteiger partial charge in [0.2, 0.25) is 5.69 Å². The number of fused-ring (bicyclic) bond motifs is 17. The first-order chi connectivity index (χ1) is 42.2. The molecule has 0 saturated heterocycles. The highest BCUT2D eigenvalue weighted by Gasteiger charge is 2.33. The van der Waals surface area contributed by atoms with Crippen LogP contribution in [0, 0.1) is 17.9 Å². The Morgan fingerprint density at radius 2 is 1.04 bits per heavy atom. The highest BCUT2D eigenvalue weighted by molar-refractivity contribution is 7.27. The largest absolute Gasteiger partial charge is 0.456 e. The zero-order valence-corrected chi connectivity index (χ0v) is 44.4. The summed E-state index contributed by atoms with van der Waals surface area (Å²) >= 11 is 3.22. The topological polar surface area (TPSA) is 51.1 Å². The van der Waals surface area contributed by atoms with Gasteiger partial charge in [-0.3, -0.25) is 0 Å². The second kappa shape index (κ2) is 17.5. The summed E-state index contributed by atoms with van der Waals surface area (Å²) in [5.74, 6) is 0. The van der Waals surface area contributed by atoms with Gasteiger partial charge in [-0.05, 0) is 69.8 Å². The fourth-order valence-electron chi connectivity index (χ4n) is 12.9. The maximum absolute atomic E-state index is 12.4. The molecule has 0 aliphatic carbocycles. The molecule has 0 aliphatic rings. The summed E-state index contributed by atoms with van der Waals surface area (Å²) in [5.41, 5.74) is 12.4. The smallest absolute Gasteiger partial charge is 0.220 e. The highest BCUT2D eigenvalue weighted by atomic mass is 32.1. The van der Waals surface area contributed by atoms with Crippen molar-refractivity contribution in [3.63, 3.8) is 0 Å². The van der Waals surface area contributed by atoms with E-state index in [1.54, 1.807) is 11.3 Å². The van der Waals surface area contributed by atoms with Gasteiger partial charge in [0.25, 0.3) is 0 Å². The van der Waals surface area contributed by atoms with Gasteiger partial charge in [-0.25, -0.2) is 4.85 Å². The lowest BCUT2D eigenvalue weighted by Gasteiger charge is -2.26. The van der Waals surface area contributed by atoms with Crippen LogP contribution in [0.1, 0.15) is 12.4 Å². The summed E-state index contributed by atoms with van der Waals surface area (Å²) in [5, 5.41) is 22.3. The van der Waals surface area contributed by atoms with E-state index in [9.17, 15) is 14.6 Å². The minimum Gasteiger partial charge on any atom is -0.456 e. The number of thiophene rings is 2. The molecule has 0 N–H and O–H groups in total. The summed E-state index contributed by atoms with van der Waals surface area (Å²) < 4.78 is 59.1. The molecule has 5 aromatic heterocycles. The van der Waals surface area contributed by atoms with E-state index in [-0.39, 0.29) is 17.6 Å². The summed E-state index contributed by atoms with van der Waals surface area (Å²) in [6.07, 6.45) is 0. The van der Waals surface area contributed by atoms with Crippen LogP contribution in [0.4, 0.5) is 5.69 Å².